The molecule has 1 aliphatic carbocycles. The third-order valence-electron chi connectivity index (χ3n) is 4.81. The van der Waals surface area contributed by atoms with Gasteiger partial charge in [-0.1, -0.05) is 11.6 Å². The predicted octanol–water partition coefficient (Wildman–Crippen LogP) is 4.22. The summed E-state index contributed by atoms with van der Waals surface area (Å²) >= 11 is 5.87. The fraction of sp³-hybridized carbons (Fsp3) is 0.238. The van der Waals surface area contributed by atoms with E-state index in [-0.39, 0.29) is 5.91 Å². The fourth-order valence-corrected chi connectivity index (χ4v) is 3.55. The zero-order chi connectivity index (χ0) is 18.8. The summed E-state index contributed by atoms with van der Waals surface area (Å²) in [6, 6.07) is 12.5. The summed E-state index contributed by atoms with van der Waals surface area (Å²) in [5, 5.41) is 5.94. The third kappa shape index (κ3) is 3.55. The lowest BCUT2D eigenvalue weighted by atomic mass is 9.90. The Morgan fingerprint density at radius 2 is 1.85 bits per heavy atom. The Morgan fingerprint density at radius 1 is 1.11 bits per heavy atom. The number of nitrogens with zero attached hydrogens (tertiary/aromatic N) is 1. The van der Waals surface area contributed by atoms with Gasteiger partial charge in [-0.2, -0.15) is 0 Å². The number of carbonyl (C=O) groups is 1. The molecule has 0 saturated carbocycles. The maximum absolute atomic E-state index is 12.4. The number of amides is 1. The van der Waals surface area contributed by atoms with Gasteiger partial charge in [0.15, 0.2) is 0 Å². The van der Waals surface area contributed by atoms with Gasteiger partial charge in [-0.3, -0.25) is 4.79 Å². The average Bonchev–Trinajstić information content (AvgIpc) is 2.71. The molecule has 0 spiro atoms. The lowest BCUT2D eigenvalue weighted by Gasteiger charge is -2.17. The normalized spacial score (nSPS) is 14.1. The van der Waals surface area contributed by atoms with Crippen LogP contribution in [0.25, 0.3) is 11.0 Å². The largest absolute Gasteiger partial charge is 0.497 e. The first-order valence-electron chi connectivity index (χ1n) is 8.88. The van der Waals surface area contributed by atoms with Gasteiger partial charge in [0, 0.05) is 27.6 Å². The van der Waals surface area contributed by atoms with Crippen molar-refractivity contribution in [3.05, 3.63) is 69.7 Å². The second kappa shape index (κ2) is 7.45. The molecule has 1 N–H and O–H groups in total. The summed E-state index contributed by atoms with van der Waals surface area (Å²) in [4.78, 5) is 12.4. The number of halogens is 1. The summed E-state index contributed by atoms with van der Waals surface area (Å²) in [6.07, 6.45) is 4.07. The first-order chi connectivity index (χ1) is 13.2. The van der Waals surface area contributed by atoms with Gasteiger partial charge in [0.25, 0.3) is 5.91 Å². The first-order valence-corrected chi connectivity index (χ1v) is 9.26. The summed E-state index contributed by atoms with van der Waals surface area (Å²) in [5.74, 6) is 0.412. The molecule has 0 aliphatic heterocycles. The van der Waals surface area contributed by atoms with E-state index in [2.05, 4.69) is 10.5 Å². The number of benzene rings is 2. The van der Waals surface area contributed by atoms with Gasteiger partial charge in [-0.25, -0.2) is 5.43 Å². The Morgan fingerprint density at radius 3 is 2.59 bits per heavy atom. The van der Waals surface area contributed by atoms with Crippen molar-refractivity contribution in [2.45, 2.75) is 25.7 Å². The minimum Gasteiger partial charge on any atom is -0.497 e. The lowest BCUT2D eigenvalue weighted by molar-refractivity contribution is 0.0951. The summed E-state index contributed by atoms with van der Waals surface area (Å²) < 4.78 is 11.3. The van der Waals surface area contributed by atoms with E-state index >= 15 is 0 Å². The van der Waals surface area contributed by atoms with Crippen LogP contribution in [-0.4, -0.2) is 13.0 Å². The number of ether oxygens (including phenoxy) is 1. The summed E-state index contributed by atoms with van der Waals surface area (Å²) in [7, 11) is 1.62. The Hall–Kier alpha value is -2.79. The molecule has 4 rings (SSSR count). The number of carbonyl (C=O) groups excluding carboxylic acids is 1. The molecule has 0 saturated heterocycles. The molecule has 6 heteroatoms. The maximum Gasteiger partial charge on any atom is 0.271 e. The smallest absolute Gasteiger partial charge is 0.271 e. The van der Waals surface area contributed by atoms with Crippen LogP contribution in [0.5, 0.6) is 5.75 Å². The topological polar surface area (TPSA) is 63.8 Å². The Kier molecular flexibility index (Phi) is 4.86. The molecule has 0 radical (unpaired) electrons. The van der Waals surface area contributed by atoms with Crippen LogP contribution in [0, 0.1) is 0 Å². The molecule has 138 valence electrons. The number of hydrogen-bond acceptors (Lipinski definition) is 4. The van der Waals surface area contributed by atoms with Crippen molar-refractivity contribution >= 4 is 28.5 Å². The van der Waals surface area contributed by atoms with Crippen molar-refractivity contribution in [1.82, 2.24) is 5.43 Å². The Bertz CT molecular complexity index is 1070. The number of methoxy groups -OCH3 is 1. The van der Waals surface area contributed by atoms with E-state index in [0.29, 0.717) is 21.7 Å². The van der Waals surface area contributed by atoms with Crippen LogP contribution in [0.15, 0.2) is 52.0 Å². The van der Waals surface area contributed by atoms with Crippen molar-refractivity contribution in [3.63, 3.8) is 0 Å². The van der Waals surface area contributed by atoms with Crippen LogP contribution < -0.4 is 15.7 Å². The van der Waals surface area contributed by atoms with Crippen LogP contribution in [-0.2, 0) is 12.8 Å². The highest BCUT2D eigenvalue weighted by atomic mass is 35.5. The molecule has 0 unspecified atom stereocenters. The first kappa shape index (κ1) is 17.6. The predicted molar refractivity (Wildman–Crippen MR) is 104 cm³/mol. The number of aryl methyl sites for hydroxylation is 1. The van der Waals surface area contributed by atoms with Crippen molar-refractivity contribution < 1.29 is 13.9 Å². The molecule has 0 bridgehead atoms. The standard InChI is InChI=1S/C21H19ClN2O3/c1-26-15-10-11-17-16-4-2-3-5-18(16)21(27-19(17)12-15)24-23-20(25)13-6-8-14(22)9-7-13/h6-12H,2-5H2,1H3,(H,23,25). The molecule has 2 aromatic carbocycles. The van der Waals surface area contributed by atoms with Crippen molar-refractivity contribution in [2.75, 3.05) is 7.11 Å². The van der Waals surface area contributed by atoms with Gasteiger partial charge >= 0.3 is 0 Å². The van der Waals surface area contributed by atoms with Crippen LogP contribution in [0.1, 0.15) is 34.3 Å². The average molecular weight is 383 g/mol. The zero-order valence-electron chi connectivity index (χ0n) is 14.9. The molecule has 5 nitrogen and oxygen atoms in total. The van der Waals surface area contributed by atoms with Crippen LogP contribution in [0.3, 0.4) is 0 Å². The number of rotatable bonds is 3. The molecule has 1 aliphatic rings. The summed E-state index contributed by atoms with van der Waals surface area (Å²) in [5.41, 5.74) is 6.54. The minimum atomic E-state index is -0.308. The van der Waals surface area contributed by atoms with Crippen molar-refractivity contribution in [1.29, 1.82) is 0 Å². The number of nitrogens with one attached hydrogen (secondary N) is 1. The molecule has 1 aromatic heterocycles. The highest BCUT2D eigenvalue weighted by Crippen LogP contribution is 2.29. The van der Waals surface area contributed by atoms with Gasteiger partial charge < -0.3 is 9.15 Å². The van der Waals surface area contributed by atoms with E-state index < -0.39 is 0 Å². The number of hydrogen-bond donors (Lipinski definition) is 1. The third-order valence-corrected chi connectivity index (χ3v) is 5.06. The molecule has 1 heterocycles. The van der Waals surface area contributed by atoms with Crippen LogP contribution in [0.4, 0.5) is 0 Å². The van der Waals surface area contributed by atoms with E-state index in [0.717, 1.165) is 42.4 Å². The molecule has 27 heavy (non-hydrogen) atoms. The zero-order valence-corrected chi connectivity index (χ0v) is 15.7. The van der Waals surface area contributed by atoms with Gasteiger partial charge in [-0.15, -0.1) is 5.10 Å². The molecule has 1 amide bonds. The monoisotopic (exact) mass is 382 g/mol. The second-order valence-electron chi connectivity index (χ2n) is 6.49. The Balaban J connectivity index is 1.76. The van der Waals surface area contributed by atoms with Gasteiger partial charge in [-0.05, 0) is 67.6 Å². The highest BCUT2D eigenvalue weighted by Gasteiger charge is 2.17. The Labute approximate surface area is 161 Å². The van der Waals surface area contributed by atoms with E-state index in [4.69, 9.17) is 20.8 Å². The van der Waals surface area contributed by atoms with E-state index in [1.54, 1.807) is 31.4 Å². The van der Waals surface area contributed by atoms with Crippen molar-refractivity contribution in [3.8, 4) is 5.75 Å². The van der Waals surface area contributed by atoms with Crippen molar-refractivity contribution in [2.24, 2.45) is 5.10 Å². The maximum atomic E-state index is 12.4. The molecule has 0 fully saturated rings. The van der Waals surface area contributed by atoms with Gasteiger partial charge in [0.1, 0.15) is 11.3 Å². The SMILES string of the molecule is COc1ccc2c3c(c(=NNC(=O)c4ccc(Cl)cc4)oc2c1)CCCC3. The summed E-state index contributed by atoms with van der Waals surface area (Å²) in [6.45, 7) is 0. The van der Waals surface area contributed by atoms with E-state index in [9.17, 15) is 4.79 Å². The molecular formula is C21H19ClN2O3. The van der Waals surface area contributed by atoms with Crippen LogP contribution in [0.2, 0.25) is 5.02 Å². The number of fused-ring (bicyclic) bond motifs is 3. The minimum absolute atomic E-state index is 0.308. The van der Waals surface area contributed by atoms with Gasteiger partial charge in [0.2, 0.25) is 5.55 Å². The molecule has 0 atom stereocenters. The fourth-order valence-electron chi connectivity index (χ4n) is 3.43. The quantitative estimate of drug-likeness (QED) is 0.690. The lowest BCUT2D eigenvalue weighted by Crippen LogP contribution is -2.25. The molecule has 3 aromatic rings. The van der Waals surface area contributed by atoms with Gasteiger partial charge in [0.05, 0.1) is 7.11 Å². The highest BCUT2D eigenvalue weighted by molar-refractivity contribution is 6.30. The second-order valence-corrected chi connectivity index (χ2v) is 6.93. The van der Waals surface area contributed by atoms with E-state index in [1.165, 1.54) is 5.56 Å². The van der Waals surface area contributed by atoms with E-state index in [1.807, 2.05) is 18.2 Å². The van der Waals surface area contributed by atoms with Crippen LogP contribution >= 0.6 is 11.6 Å². The molecular weight excluding hydrogens is 364 g/mol.